The second-order valence-electron chi connectivity index (χ2n) is 3.38. The van der Waals surface area contributed by atoms with E-state index in [9.17, 15) is 13.6 Å². The zero-order valence-electron chi connectivity index (χ0n) is 10.3. The average molecular weight is 336 g/mol. The fourth-order valence-corrected chi connectivity index (χ4v) is 1.46. The van der Waals surface area contributed by atoms with Crippen molar-refractivity contribution in [1.82, 2.24) is 0 Å². The molecule has 0 saturated carbocycles. The second-order valence-corrected chi connectivity index (χ2v) is 4.37. The topological polar surface area (TPSA) is 47.9 Å². The first-order chi connectivity index (χ1) is 8.88. The molecule has 104 valence electrons. The van der Waals surface area contributed by atoms with E-state index in [2.05, 4.69) is 25.7 Å². The van der Waals surface area contributed by atoms with Gasteiger partial charge in [0, 0.05) is 0 Å². The number of benzene rings is 1. The summed E-state index contributed by atoms with van der Waals surface area (Å²) < 4.78 is 36.0. The van der Waals surface area contributed by atoms with Crippen LogP contribution < -0.4 is 4.74 Å². The largest absolute Gasteiger partial charge is 0.497 e. The lowest BCUT2D eigenvalue weighted by Crippen LogP contribution is -2.31. The number of esters is 1. The molecule has 0 fully saturated rings. The molecule has 0 spiro atoms. The van der Waals surface area contributed by atoms with E-state index in [0.717, 1.165) is 0 Å². The highest BCUT2D eigenvalue weighted by atomic mass is 79.9. The summed E-state index contributed by atoms with van der Waals surface area (Å²) in [6.07, 6.45) is 0. The lowest BCUT2D eigenvalue weighted by molar-refractivity contribution is -0.135. The van der Waals surface area contributed by atoms with Gasteiger partial charge in [-0.3, -0.25) is 0 Å². The van der Waals surface area contributed by atoms with Crippen LogP contribution in [0.4, 0.5) is 14.5 Å². The van der Waals surface area contributed by atoms with Gasteiger partial charge in [0.25, 0.3) is 0 Å². The van der Waals surface area contributed by atoms with Crippen molar-refractivity contribution in [2.75, 3.05) is 13.7 Å². The number of aliphatic imine (C=N–C) groups is 1. The molecule has 7 heteroatoms. The number of ether oxygens (including phenoxy) is 2. The van der Waals surface area contributed by atoms with Gasteiger partial charge in [-0.2, -0.15) is 8.78 Å². The predicted octanol–water partition coefficient (Wildman–Crippen LogP) is 3.32. The Bertz CT molecular complexity index is 469. The van der Waals surface area contributed by atoms with Crippen molar-refractivity contribution in [3.8, 4) is 5.75 Å². The fourth-order valence-electron chi connectivity index (χ4n) is 1.21. The molecule has 0 unspecified atom stereocenters. The van der Waals surface area contributed by atoms with Crippen molar-refractivity contribution in [3.05, 3.63) is 24.3 Å². The Hall–Kier alpha value is -1.50. The van der Waals surface area contributed by atoms with E-state index >= 15 is 0 Å². The van der Waals surface area contributed by atoms with E-state index in [1.54, 1.807) is 12.1 Å². The summed E-state index contributed by atoms with van der Waals surface area (Å²) in [4.78, 5) is 11.5. The Balaban J connectivity index is 3.08. The summed E-state index contributed by atoms with van der Waals surface area (Å²) in [5, 5.41) is 0. The number of halogens is 3. The molecule has 0 N–H and O–H groups in total. The van der Waals surface area contributed by atoms with E-state index in [1.807, 2.05) is 0 Å². The molecule has 4 nitrogen and oxygen atoms in total. The third-order valence-electron chi connectivity index (χ3n) is 2.05. The quantitative estimate of drug-likeness (QED) is 0.471. The summed E-state index contributed by atoms with van der Waals surface area (Å²) in [7, 11) is 1.48. The molecule has 0 aliphatic carbocycles. The van der Waals surface area contributed by atoms with Gasteiger partial charge >= 0.3 is 10.8 Å². The summed E-state index contributed by atoms with van der Waals surface area (Å²) in [5.41, 5.74) is -0.803. The molecule has 0 aromatic heterocycles. The van der Waals surface area contributed by atoms with E-state index < -0.39 is 16.5 Å². The molecule has 0 aliphatic heterocycles. The average Bonchev–Trinajstić information content (AvgIpc) is 2.35. The Morgan fingerprint density at radius 3 is 2.37 bits per heavy atom. The van der Waals surface area contributed by atoms with Crippen LogP contribution in [0.25, 0.3) is 0 Å². The van der Waals surface area contributed by atoms with Crippen LogP contribution in [0.5, 0.6) is 5.75 Å². The van der Waals surface area contributed by atoms with Gasteiger partial charge in [-0.05, 0) is 47.1 Å². The van der Waals surface area contributed by atoms with Gasteiger partial charge in [-0.25, -0.2) is 9.79 Å². The highest BCUT2D eigenvalue weighted by Gasteiger charge is 2.38. The van der Waals surface area contributed by atoms with Gasteiger partial charge in [0.1, 0.15) is 5.75 Å². The van der Waals surface area contributed by atoms with Gasteiger partial charge in [0.05, 0.1) is 19.4 Å². The van der Waals surface area contributed by atoms with Crippen LogP contribution in [-0.2, 0) is 9.53 Å². The van der Waals surface area contributed by atoms with E-state index in [4.69, 9.17) is 4.74 Å². The number of alkyl halides is 3. The van der Waals surface area contributed by atoms with Crippen molar-refractivity contribution >= 4 is 33.3 Å². The maximum atomic E-state index is 13.3. The molecule has 0 atom stereocenters. The van der Waals surface area contributed by atoms with Gasteiger partial charge in [-0.1, -0.05) is 0 Å². The minimum Gasteiger partial charge on any atom is -0.497 e. The van der Waals surface area contributed by atoms with Crippen molar-refractivity contribution < 1.29 is 23.0 Å². The lowest BCUT2D eigenvalue weighted by atomic mass is 10.3. The highest BCUT2D eigenvalue weighted by molar-refractivity contribution is 9.10. The number of carbonyl (C=O) groups excluding carboxylic acids is 1. The normalized spacial score (nSPS) is 12.2. The molecular formula is C12H12BrF2NO3. The minimum atomic E-state index is -3.56. The number of carbonyl (C=O) groups is 1. The summed E-state index contributed by atoms with van der Waals surface area (Å²) >= 11 is 2.11. The predicted molar refractivity (Wildman–Crippen MR) is 70.6 cm³/mol. The summed E-state index contributed by atoms with van der Waals surface area (Å²) in [5.74, 6) is -0.609. The number of methoxy groups -OCH3 is 1. The minimum absolute atomic E-state index is 0.0104. The number of nitrogens with zero attached hydrogens (tertiary/aromatic N) is 1. The molecule has 0 amide bonds. The maximum Gasteiger partial charge on any atom is 0.360 e. The van der Waals surface area contributed by atoms with Crippen LogP contribution in [0.2, 0.25) is 0 Å². The fraction of sp³-hybridized carbons (Fsp3) is 0.333. The van der Waals surface area contributed by atoms with Gasteiger partial charge in [0.15, 0.2) is 0 Å². The third kappa shape index (κ3) is 4.59. The molecule has 19 heavy (non-hydrogen) atoms. The molecule has 0 aliphatic rings. The first-order valence-electron chi connectivity index (χ1n) is 5.35. The zero-order valence-corrected chi connectivity index (χ0v) is 11.9. The van der Waals surface area contributed by atoms with Crippen molar-refractivity contribution in [2.45, 2.75) is 11.8 Å². The molecular weight excluding hydrogens is 324 g/mol. The molecule has 0 saturated heterocycles. The Kier molecular flexibility index (Phi) is 5.41. The molecule has 1 rings (SSSR count). The van der Waals surface area contributed by atoms with Crippen LogP contribution in [0, 0.1) is 0 Å². The zero-order chi connectivity index (χ0) is 14.5. The van der Waals surface area contributed by atoms with Crippen LogP contribution in [0.1, 0.15) is 6.92 Å². The van der Waals surface area contributed by atoms with Crippen LogP contribution in [-0.4, -0.2) is 30.2 Å². The van der Waals surface area contributed by atoms with Gasteiger partial charge in [-0.15, -0.1) is 0 Å². The third-order valence-corrected chi connectivity index (χ3v) is 2.43. The first-order valence-corrected chi connectivity index (χ1v) is 6.14. The first kappa shape index (κ1) is 15.6. The Morgan fingerprint density at radius 1 is 1.37 bits per heavy atom. The van der Waals surface area contributed by atoms with Gasteiger partial charge in [0.2, 0.25) is 5.71 Å². The van der Waals surface area contributed by atoms with Crippen molar-refractivity contribution in [1.29, 1.82) is 0 Å². The Morgan fingerprint density at radius 2 is 1.95 bits per heavy atom. The summed E-state index contributed by atoms with van der Waals surface area (Å²) in [6.45, 7) is 1.51. The SMILES string of the molecule is CCOC(=O)C(=Nc1ccc(OC)cc1)C(F)(F)Br. The molecule has 0 heterocycles. The molecule has 0 radical (unpaired) electrons. The number of hydrogen-bond acceptors (Lipinski definition) is 4. The van der Waals surface area contributed by atoms with Gasteiger partial charge < -0.3 is 9.47 Å². The van der Waals surface area contributed by atoms with Crippen molar-refractivity contribution in [3.63, 3.8) is 0 Å². The number of rotatable bonds is 5. The molecule has 1 aromatic carbocycles. The number of hydrogen-bond donors (Lipinski definition) is 0. The van der Waals surface area contributed by atoms with E-state index in [0.29, 0.717) is 5.75 Å². The summed E-state index contributed by atoms with van der Waals surface area (Å²) in [6, 6.07) is 6.01. The van der Waals surface area contributed by atoms with Crippen LogP contribution in [0.3, 0.4) is 0 Å². The van der Waals surface area contributed by atoms with E-state index in [1.165, 1.54) is 26.2 Å². The Labute approximate surface area is 117 Å². The highest BCUT2D eigenvalue weighted by Crippen LogP contribution is 2.27. The molecule has 1 aromatic rings. The smallest absolute Gasteiger partial charge is 0.360 e. The lowest BCUT2D eigenvalue weighted by Gasteiger charge is -2.11. The van der Waals surface area contributed by atoms with Crippen LogP contribution in [0.15, 0.2) is 29.3 Å². The second kappa shape index (κ2) is 6.60. The monoisotopic (exact) mass is 335 g/mol. The van der Waals surface area contributed by atoms with E-state index in [-0.39, 0.29) is 12.3 Å². The van der Waals surface area contributed by atoms with Crippen LogP contribution >= 0.6 is 15.9 Å². The molecule has 0 bridgehead atoms. The maximum absolute atomic E-state index is 13.3. The standard InChI is InChI=1S/C12H12BrF2NO3/c1-3-19-11(17)10(12(13,14)15)16-8-4-6-9(18-2)7-5-8/h4-7H,3H2,1-2H3. The van der Waals surface area contributed by atoms with Crippen molar-refractivity contribution in [2.24, 2.45) is 4.99 Å².